The lowest BCUT2D eigenvalue weighted by Crippen LogP contribution is -2.47. The largest absolute Gasteiger partial charge is 0.357 e. The summed E-state index contributed by atoms with van der Waals surface area (Å²) in [6.07, 6.45) is 0. The Hall–Kier alpha value is -2.05. The maximum atomic E-state index is 13.0. The molecule has 0 saturated heterocycles. The number of thioether (sulfide) groups is 1. The molecule has 144 valence electrons. The second-order valence-corrected chi connectivity index (χ2v) is 7.42. The van der Waals surface area contributed by atoms with Crippen LogP contribution in [0.3, 0.4) is 0 Å². The van der Waals surface area contributed by atoms with Crippen LogP contribution in [0.1, 0.15) is 18.1 Å². The standard InChI is InChI=1S/C20H22ClFN2O2S/c1-14(20(26)23-2)24(11-16-5-3-4-6-18(16)21)19(25)13-27-12-15-7-9-17(22)10-8-15/h3-10,14H,11-13H2,1-2H3,(H,23,26)/t14-/m1/s1. The Kier molecular flexibility index (Phi) is 8.13. The van der Waals surface area contributed by atoms with E-state index in [1.165, 1.54) is 28.8 Å². The fraction of sp³-hybridized carbons (Fsp3) is 0.300. The number of carbonyl (C=O) groups excluding carboxylic acids is 2. The molecule has 0 aliphatic rings. The molecule has 0 unspecified atom stereocenters. The van der Waals surface area contributed by atoms with Crippen LogP contribution >= 0.6 is 23.4 Å². The molecule has 2 amide bonds. The molecule has 0 aliphatic heterocycles. The highest BCUT2D eigenvalue weighted by Gasteiger charge is 2.25. The van der Waals surface area contributed by atoms with Crippen LogP contribution in [0, 0.1) is 5.82 Å². The summed E-state index contributed by atoms with van der Waals surface area (Å²) in [5.74, 6) is 0.117. The quantitative estimate of drug-likeness (QED) is 0.721. The van der Waals surface area contributed by atoms with E-state index in [1.807, 2.05) is 18.2 Å². The van der Waals surface area contributed by atoms with Crippen molar-refractivity contribution >= 4 is 35.2 Å². The predicted molar refractivity (Wildman–Crippen MR) is 108 cm³/mol. The molecule has 0 heterocycles. The summed E-state index contributed by atoms with van der Waals surface area (Å²) in [6, 6.07) is 12.8. The van der Waals surface area contributed by atoms with Crippen LogP contribution in [0.25, 0.3) is 0 Å². The molecule has 0 bridgehead atoms. The lowest BCUT2D eigenvalue weighted by atomic mass is 10.1. The molecule has 2 aromatic carbocycles. The van der Waals surface area contributed by atoms with E-state index in [0.29, 0.717) is 10.8 Å². The second kappa shape index (κ2) is 10.3. The number of rotatable bonds is 8. The first-order chi connectivity index (χ1) is 12.9. The van der Waals surface area contributed by atoms with Crippen LogP contribution in [0.2, 0.25) is 5.02 Å². The molecule has 0 radical (unpaired) electrons. The first-order valence-electron chi connectivity index (χ1n) is 8.49. The lowest BCUT2D eigenvalue weighted by molar-refractivity contribution is -0.138. The Morgan fingerprint density at radius 3 is 2.48 bits per heavy atom. The highest BCUT2D eigenvalue weighted by atomic mass is 35.5. The number of hydrogen-bond donors (Lipinski definition) is 1. The van der Waals surface area contributed by atoms with E-state index in [-0.39, 0.29) is 29.9 Å². The van der Waals surface area contributed by atoms with Crippen molar-refractivity contribution in [3.8, 4) is 0 Å². The van der Waals surface area contributed by atoms with Crippen LogP contribution in [-0.4, -0.2) is 35.6 Å². The van der Waals surface area contributed by atoms with Gasteiger partial charge < -0.3 is 10.2 Å². The smallest absolute Gasteiger partial charge is 0.242 e. The van der Waals surface area contributed by atoms with Gasteiger partial charge in [0, 0.05) is 24.4 Å². The van der Waals surface area contributed by atoms with Crippen LogP contribution in [0.4, 0.5) is 4.39 Å². The van der Waals surface area contributed by atoms with Crippen molar-refractivity contribution in [2.45, 2.75) is 25.3 Å². The van der Waals surface area contributed by atoms with Crippen LogP contribution < -0.4 is 5.32 Å². The molecule has 4 nitrogen and oxygen atoms in total. The molecule has 0 fully saturated rings. The normalized spacial score (nSPS) is 11.7. The Morgan fingerprint density at radius 2 is 1.85 bits per heavy atom. The number of nitrogens with one attached hydrogen (secondary N) is 1. The van der Waals surface area contributed by atoms with Gasteiger partial charge in [0.05, 0.1) is 5.75 Å². The zero-order chi connectivity index (χ0) is 19.8. The Morgan fingerprint density at radius 1 is 1.19 bits per heavy atom. The molecule has 0 aliphatic carbocycles. The monoisotopic (exact) mass is 408 g/mol. The fourth-order valence-electron chi connectivity index (χ4n) is 2.52. The van der Waals surface area contributed by atoms with Crippen molar-refractivity contribution in [1.82, 2.24) is 10.2 Å². The molecule has 0 aromatic heterocycles. The van der Waals surface area contributed by atoms with Gasteiger partial charge in [-0.1, -0.05) is 41.9 Å². The number of amides is 2. The summed E-state index contributed by atoms with van der Waals surface area (Å²) < 4.78 is 13.0. The molecular weight excluding hydrogens is 387 g/mol. The van der Waals surface area contributed by atoms with Crippen molar-refractivity contribution in [3.05, 3.63) is 70.5 Å². The second-order valence-electron chi connectivity index (χ2n) is 6.02. The van der Waals surface area contributed by atoms with Gasteiger partial charge in [-0.3, -0.25) is 9.59 Å². The summed E-state index contributed by atoms with van der Waals surface area (Å²) in [7, 11) is 1.54. The number of likely N-dealkylation sites (N-methyl/N-ethyl adjacent to an activating group) is 1. The first-order valence-corrected chi connectivity index (χ1v) is 10.0. The summed E-state index contributed by atoms with van der Waals surface area (Å²) in [5.41, 5.74) is 1.72. The fourth-order valence-corrected chi connectivity index (χ4v) is 3.59. The van der Waals surface area contributed by atoms with Crippen LogP contribution in [0.5, 0.6) is 0 Å². The molecule has 1 atom stereocenters. The zero-order valence-corrected chi connectivity index (χ0v) is 16.8. The van der Waals surface area contributed by atoms with Gasteiger partial charge in [-0.25, -0.2) is 4.39 Å². The Labute approximate surface area is 168 Å². The van der Waals surface area contributed by atoms with Crippen molar-refractivity contribution in [3.63, 3.8) is 0 Å². The highest BCUT2D eigenvalue weighted by Crippen LogP contribution is 2.20. The third kappa shape index (κ3) is 6.26. The SMILES string of the molecule is CNC(=O)[C@@H](C)N(Cc1ccccc1Cl)C(=O)CSCc1ccc(F)cc1. The lowest BCUT2D eigenvalue weighted by Gasteiger charge is -2.28. The third-order valence-corrected chi connectivity index (χ3v) is 5.48. The van der Waals surface area contributed by atoms with Gasteiger partial charge in [0.15, 0.2) is 0 Å². The van der Waals surface area contributed by atoms with E-state index >= 15 is 0 Å². The summed E-state index contributed by atoms with van der Waals surface area (Å²) in [5, 5.41) is 3.13. The van der Waals surface area contributed by atoms with Gasteiger partial charge in [0.2, 0.25) is 11.8 Å². The first kappa shape index (κ1) is 21.3. The van der Waals surface area contributed by atoms with Gasteiger partial charge in [-0.15, -0.1) is 11.8 Å². The van der Waals surface area contributed by atoms with E-state index in [1.54, 1.807) is 32.2 Å². The van der Waals surface area contributed by atoms with Crippen LogP contribution in [-0.2, 0) is 21.9 Å². The average Bonchev–Trinajstić information content (AvgIpc) is 2.67. The summed E-state index contributed by atoms with van der Waals surface area (Å²) in [4.78, 5) is 26.4. The highest BCUT2D eigenvalue weighted by molar-refractivity contribution is 7.99. The summed E-state index contributed by atoms with van der Waals surface area (Å²) in [6.45, 7) is 1.95. The average molecular weight is 409 g/mol. The number of benzene rings is 2. The zero-order valence-electron chi connectivity index (χ0n) is 15.2. The van der Waals surface area contributed by atoms with Gasteiger partial charge in [0.25, 0.3) is 0 Å². The topological polar surface area (TPSA) is 49.4 Å². The van der Waals surface area contributed by atoms with Crippen molar-refractivity contribution in [2.75, 3.05) is 12.8 Å². The van der Waals surface area contributed by atoms with E-state index in [4.69, 9.17) is 11.6 Å². The Bertz CT molecular complexity index is 786. The van der Waals surface area contributed by atoms with E-state index < -0.39 is 6.04 Å². The maximum Gasteiger partial charge on any atom is 0.242 e. The van der Waals surface area contributed by atoms with E-state index in [2.05, 4.69) is 5.32 Å². The van der Waals surface area contributed by atoms with Crippen molar-refractivity contribution in [2.24, 2.45) is 0 Å². The minimum absolute atomic E-state index is 0.155. The molecule has 0 spiro atoms. The van der Waals surface area contributed by atoms with Crippen LogP contribution in [0.15, 0.2) is 48.5 Å². The minimum Gasteiger partial charge on any atom is -0.357 e. The number of nitrogens with zero attached hydrogens (tertiary/aromatic N) is 1. The predicted octanol–water partition coefficient (Wildman–Crippen LogP) is 3.88. The molecule has 0 saturated carbocycles. The number of hydrogen-bond acceptors (Lipinski definition) is 3. The van der Waals surface area contributed by atoms with E-state index in [9.17, 15) is 14.0 Å². The molecule has 1 N–H and O–H groups in total. The minimum atomic E-state index is -0.620. The molecule has 7 heteroatoms. The van der Waals surface area contributed by atoms with Crippen molar-refractivity contribution < 1.29 is 14.0 Å². The molecular formula is C20H22ClFN2O2S. The van der Waals surface area contributed by atoms with Gasteiger partial charge in [-0.2, -0.15) is 0 Å². The maximum absolute atomic E-state index is 13.0. The molecule has 2 aromatic rings. The third-order valence-electron chi connectivity index (χ3n) is 4.12. The summed E-state index contributed by atoms with van der Waals surface area (Å²) >= 11 is 7.64. The molecule has 27 heavy (non-hydrogen) atoms. The van der Waals surface area contributed by atoms with Gasteiger partial charge >= 0.3 is 0 Å². The van der Waals surface area contributed by atoms with Crippen molar-refractivity contribution in [1.29, 1.82) is 0 Å². The van der Waals surface area contributed by atoms with Gasteiger partial charge in [0.1, 0.15) is 11.9 Å². The Balaban J connectivity index is 2.04. The van der Waals surface area contributed by atoms with Gasteiger partial charge in [-0.05, 0) is 36.2 Å². The number of halogens is 2. The van der Waals surface area contributed by atoms with E-state index in [0.717, 1.165) is 11.1 Å². The molecule has 2 rings (SSSR count). The number of carbonyl (C=O) groups is 2.